The van der Waals surface area contributed by atoms with E-state index in [0.717, 1.165) is 0 Å². The molecule has 0 fully saturated rings. The lowest BCUT2D eigenvalue weighted by Gasteiger charge is -2.14. The number of halogens is 5. The number of hydrogen-bond donors (Lipinski definition) is 0. The van der Waals surface area contributed by atoms with Crippen molar-refractivity contribution in [1.29, 1.82) is 0 Å². The van der Waals surface area contributed by atoms with Crippen molar-refractivity contribution in [2.45, 2.75) is 0 Å². The summed E-state index contributed by atoms with van der Waals surface area (Å²) in [6.07, 6.45) is 0.624. The first kappa shape index (κ1) is 15.9. The van der Waals surface area contributed by atoms with Crippen LogP contribution in [0.25, 0.3) is 0 Å². The number of hydrogen-bond acceptors (Lipinski definition) is 2. The summed E-state index contributed by atoms with van der Waals surface area (Å²) in [7, 11) is 3.46. The summed E-state index contributed by atoms with van der Waals surface area (Å²) in [6, 6.07) is 6.62. The first-order valence-electron chi connectivity index (χ1n) is 6.16. The molecule has 7 heteroatoms. The highest BCUT2D eigenvalue weighted by atomic mass is 19.2. The largest absolute Gasteiger partial charge is 0.376 e. The Balaban J connectivity index is 2.53. The van der Waals surface area contributed by atoms with Crippen molar-refractivity contribution in [2.24, 2.45) is 4.99 Å². The average molecular weight is 314 g/mol. The quantitative estimate of drug-likeness (QED) is 0.359. The Morgan fingerprint density at radius 1 is 0.818 bits per heavy atom. The molecule has 0 radical (unpaired) electrons. The van der Waals surface area contributed by atoms with Crippen molar-refractivity contribution >= 4 is 17.6 Å². The molecule has 0 aliphatic rings. The molecule has 0 unspecified atom stereocenters. The molecule has 22 heavy (non-hydrogen) atoms. The summed E-state index contributed by atoms with van der Waals surface area (Å²) in [5.41, 5.74) is -0.121. The molecule has 0 spiro atoms. The van der Waals surface area contributed by atoms with Gasteiger partial charge in [-0.1, -0.05) is 12.1 Å². The fraction of sp³-hybridized carbons (Fsp3) is 0.133. The standard InChI is InChI=1S/C15H11F5N2/c1-22(2)10-6-4-3-5-9(10)21-7-8-11(16)13(18)15(20)14(19)12(8)17/h3-7H,1-2H3. The van der Waals surface area contributed by atoms with Crippen LogP contribution in [0.1, 0.15) is 5.56 Å². The maximum Gasteiger partial charge on any atom is 0.200 e. The molecule has 0 aliphatic heterocycles. The monoisotopic (exact) mass is 314 g/mol. The molecular weight excluding hydrogens is 303 g/mol. The molecule has 0 aromatic heterocycles. The Morgan fingerprint density at radius 2 is 1.32 bits per heavy atom. The predicted molar refractivity (Wildman–Crippen MR) is 74.3 cm³/mol. The minimum absolute atomic E-state index is 0.330. The van der Waals surface area contributed by atoms with Gasteiger partial charge in [-0.3, -0.25) is 4.99 Å². The fourth-order valence-electron chi connectivity index (χ4n) is 1.82. The van der Waals surface area contributed by atoms with Gasteiger partial charge in [0.05, 0.1) is 16.9 Å². The second-order valence-electron chi connectivity index (χ2n) is 4.62. The number of para-hydroxylation sites is 2. The van der Waals surface area contributed by atoms with Crippen LogP contribution in [0.2, 0.25) is 0 Å². The van der Waals surface area contributed by atoms with Crippen LogP contribution in [-0.2, 0) is 0 Å². The zero-order chi connectivity index (χ0) is 16.4. The van der Waals surface area contributed by atoms with Gasteiger partial charge >= 0.3 is 0 Å². The summed E-state index contributed by atoms with van der Waals surface area (Å²) in [4.78, 5) is 5.53. The molecule has 0 bridgehead atoms. The Bertz CT molecular complexity index is 712. The van der Waals surface area contributed by atoms with E-state index in [9.17, 15) is 22.0 Å². The van der Waals surface area contributed by atoms with Crippen LogP contribution in [0, 0.1) is 29.1 Å². The Kier molecular flexibility index (Phi) is 4.44. The lowest BCUT2D eigenvalue weighted by molar-refractivity contribution is 0.377. The number of nitrogens with zero attached hydrogens (tertiary/aromatic N) is 2. The number of aliphatic imine (C=N–C) groups is 1. The second-order valence-corrected chi connectivity index (χ2v) is 4.62. The minimum Gasteiger partial charge on any atom is -0.376 e. The average Bonchev–Trinajstić information content (AvgIpc) is 2.51. The minimum atomic E-state index is -2.19. The molecule has 116 valence electrons. The van der Waals surface area contributed by atoms with Crippen molar-refractivity contribution in [2.75, 3.05) is 19.0 Å². The van der Waals surface area contributed by atoms with Crippen LogP contribution < -0.4 is 4.90 Å². The van der Waals surface area contributed by atoms with Gasteiger partial charge in [0.15, 0.2) is 23.3 Å². The van der Waals surface area contributed by atoms with Crippen LogP contribution in [0.5, 0.6) is 0 Å². The normalized spacial score (nSPS) is 11.2. The van der Waals surface area contributed by atoms with E-state index in [4.69, 9.17) is 0 Å². The third-order valence-corrected chi connectivity index (χ3v) is 2.94. The van der Waals surface area contributed by atoms with E-state index in [1.165, 1.54) is 0 Å². The van der Waals surface area contributed by atoms with E-state index >= 15 is 0 Å². The Morgan fingerprint density at radius 3 is 1.86 bits per heavy atom. The maximum atomic E-state index is 13.5. The first-order chi connectivity index (χ1) is 10.3. The summed E-state index contributed by atoms with van der Waals surface area (Å²) >= 11 is 0. The van der Waals surface area contributed by atoms with Gasteiger partial charge in [0, 0.05) is 20.3 Å². The lowest BCUT2D eigenvalue weighted by Crippen LogP contribution is -2.09. The van der Waals surface area contributed by atoms with Crippen molar-refractivity contribution in [1.82, 2.24) is 0 Å². The van der Waals surface area contributed by atoms with Gasteiger partial charge in [-0.2, -0.15) is 0 Å². The molecule has 0 amide bonds. The summed E-state index contributed by atoms with van der Waals surface area (Å²) < 4.78 is 66.2. The van der Waals surface area contributed by atoms with Crippen LogP contribution in [0.15, 0.2) is 29.3 Å². The third-order valence-electron chi connectivity index (χ3n) is 2.94. The topological polar surface area (TPSA) is 15.6 Å². The van der Waals surface area contributed by atoms with Gasteiger partial charge in [-0.15, -0.1) is 0 Å². The third kappa shape index (κ3) is 2.79. The summed E-state index contributed by atoms with van der Waals surface area (Å²) in [6.45, 7) is 0. The molecule has 2 aromatic carbocycles. The van der Waals surface area contributed by atoms with Gasteiger partial charge in [0.2, 0.25) is 5.82 Å². The second kappa shape index (κ2) is 6.13. The van der Waals surface area contributed by atoms with Gasteiger partial charge < -0.3 is 4.90 Å². The molecule has 2 aromatic rings. The number of rotatable bonds is 3. The van der Waals surface area contributed by atoms with Gasteiger partial charge in [-0.05, 0) is 12.1 Å². The highest BCUT2D eigenvalue weighted by Crippen LogP contribution is 2.27. The molecule has 0 N–H and O–H groups in total. The first-order valence-corrected chi connectivity index (χ1v) is 6.16. The Hall–Kier alpha value is -2.44. The smallest absolute Gasteiger partial charge is 0.200 e. The summed E-state index contributed by atoms with van der Waals surface area (Å²) in [5, 5.41) is 0. The van der Waals surface area contributed by atoms with Gasteiger partial charge in [0.25, 0.3) is 0 Å². The van der Waals surface area contributed by atoms with Crippen molar-refractivity contribution in [3.05, 3.63) is 58.9 Å². The van der Waals surface area contributed by atoms with Gasteiger partial charge in [-0.25, -0.2) is 22.0 Å². The van der Waals surface area contributed by atoms with Crippen LogP contribution >= 0.6 is 0 Å². The van der Waals surface area contributed by atoms with Crippen LogP contribution in [0.4, 0.5) is 33.3 Å². The van der Waals surface area contributed by atoms with E-state index in [0.29, 0.717) is 17.6 Å². The fourth-order valence-corrected chi connectivity index (χ4v) is 1.82. The molecule has 0 atom stereocenters. The van der Waals surface area contributed by atoms with Crippen LogP contribution in [0.3, 0.4) is 0 Å². The number of anilines is 1. The van der Waals surface area contributed by atoms with E-state index in [2.05, 4.69) is 4.99 Å². The lowest BCUT2D eigenvalue weighted by atomic mass is 10.2. The molecular formula is C15H11F5N2. The zero-order valence-electron chi connectivity index (χ0n) is 11.7. The molecule has 2 nitrogen and oxygen atoms in total. The molecule has 0 aliphatic carbocycles. The number of benzene rings is 2. The van der Waals surface area contributed by atoms with Crippen LogP contribution in [-0.4, -0.2) is 20.3 Å². The SMILES string of the molecule is CN(C)c1ccccc1N=Cc1c(F)c(F)c(F)c(F)c1F. The Labute approximate surface area is 123 Å². The summed E-state index contributed by atoms with van der Waals surface area (Å²) in [5.74, 6) is -10.0. The molecule has 0 heterocycles. The van der Waals surface area contributed by atoms with Crippen molar-refractivity contribution in [3.8, 4) is 0 Å². The van der Waals surface area contributed by atoms with Crippen molar-refractivity contribution < 1.29 is 22.0 Å². The molecule has 0 saturated carbocycles. The van der Waals surface area contributed by atoms with E-state index in [1.807, 2.05) is 0 Å². The predicted octanol–water partition coefficient (Wildman–Crippen LogP) is 4.20. The van der Waals surface area contributed by atoms with Crippen molar-refractivity contribution in [3.63, 3.8) is 0 Å². The van der Waals surface area contributed by atoms with E-state index in [-0.39, 0.29) is 0 Å². The highest BCUT2D eigenvalue weighted by molar-refractivity contribution is 5.85. The molecule has 0 saturated heterocycles. The maximum absolute atomic E-state index is 13.5. The van der Waals surface area contributed by atoms with E-state index in [1.54, 1.807) is 43.3 Å². The van der Waals surface area contributed by atoms with Gasteiger partial charge in [0.1, 0.15) is 0 Å². The van der Waals surface area contributed by atoms with E-state index < -0.39 is 34.6 Å². The highest BCUT2D eigenvalue weighted by Gasteiger charge is 2.24. The zero-order valence-corrected chi connectivity index (χ0v) is 11.7. The molecule has 2 rings (SSSR count).